The highest BCUT2D eigenvalue weighted by atomic mass is 35.5. The normalized spacial score (nSPS) is 21.4. The van der Waals surface area contributed by atoms with Crippen molar-refractivity contribution in [3.05, 3.63) is 266 Å². The van der Waals surface area contributed by atoms with E-state index in [2.05, 4.69) is 51.5 Å². The van der Waals surface area contributed by atoms with Gasteiger partial charge in [-0.25, -0.2) is 45.9 Å². The third-order valence-corrected chi connectivity index (χ3v) is 22.4. The van der Waals surface area contributed by atoms with E-state index in [1.54, 1.807) is 72.8 Å². The van der Waals surface area contributed by atoms with E-state index in [0.717, 1.165) is 54.0 Å². The number of methoxy groups -OCH3 is 1. The minimum absolute atomic E-state index is 0. The molecule has 798 valence electrons. The number of aromatic nitrogens is 10. The number of nitrogens with zero attached hydrogens (tertiary/aromatic N) is 9. The average Bonchev–Trinajstić information content (AvgIpc) is 1.67. The molecule has 10 heterocycles. The first kappa shape index (κ1) is 113. The summed E-state index contributed by atoms with van der Waals surface area (Å²) in [6.45, 7) is -1.47. The number of hydrogen-bond acceptors (Lipinski definition) is 35. The van der Waals surface area contributed by atoms with Crippen LogP contribution in [0.2, 0.25) is 0 Å². The van der Waals surface area contributed by atoms with E-state index in [-0.39, 0.29) is 184 Å². The second-order valence-electron chi connectivity index (χ2n) is 31.2. The number of nitrogens with one attached hydrogen (secondary N) is 6. The Balaban J connectivity index is 0.000000292. The van der Waals surface area contributed by atoms with Crippen LogP contribution in [-0.4, -0.2) is 263 Å². The van der Waals surface area contributed by atoms with Crippen LogP contribution in [0.1, 0.15) is 178 Å². The molecule has 5 aliphatic heterocycles. The number of halogens is 6. The number of hydrogen-bond donors (Lipinski definition) is 11. The summed E-state index contributed by atoms with van der Waals surface area (Å²) in [6, 6.07) is 32.1. The van der Waals surface area contributed by atoms with Crippen molar-refractivity contribution in [3.8, 4) is 0 Å². The van der Waals surface area contributed by atoms with Gasteiger partial charge >= 0.3 is 40.4 Å². The molecule has 16 atom stereocenters. The molecule has 44 nitrogen and oxygen atoms in total. The first-order valence-electron chi connectivity index (χ1n) is 47.3. The Hall–Kier alpha value is -12.9. The number of alkyl halides is 5. The summed E-state index contributed by atoms with van der Waals surface area (Å²) in [4.78, 5) is 182. The summed E-state index contributed by atoms with van der Waals surface area (Å²) in [5.74, 6) is -2.93. The Morgan fingerprint density at radius 1 is 0.469 bits per heavy atom. The molecular weight excluding hydrogens is 2010 g/mol. The van der Waals surface area contributed by atoms with Gasteiger partial charge in [0.15, 0.2) is 0 Å². The number of carbonyl (C=O) groups is 8. The molecule has 0 saturated carbocycles. The van der Waals surface area contributed by atoms with Crippen LogP contribution in [-0.2, 0) is 91.9 Å². The van der Waals surface area contributed by atoms with Crippen LogP contribution >= 0.6 is 35.7 Å². The van der Waals surface area contributed by atoms with Crippen molar-refractivity contribution in [1.29, 1.82) is 5.34 Å². The molecule has 9 aromatic rings. The fourth-order valence-electron chi connectivity index (χ4n) is 13.6. The quantitative estimate of drug-likeness (QED) is 0.00590. The molecule has 14 rings (SSSR count). The number of esters is 2. The monoisotopic (exact) mass is 2130 g/mol. The third kappa shape index (κ3) is 38.1. The molecule has 1 unspecified atom stereocenters. The van der Waals surface area contributed by atoms with Crippen molar-refractivity contribution in [2.45, 2.75) is 199 Å². The number of aliphatic hydroxyl groups excluding tert-OH is 4. The lowest BCUT2D eigenvalue weighted by Crippen LogP contribution is -2.31. The molecule has 0 radical (unpaired) electrons. The number of nitrogen functional groups attached to an aromatic ring is 1. The van der Waals surface area contributed by atoms with Gasteiger partial charge in [-0.05, 0) is 147 Å². The molecule has 12 N–H and O–H groups in total. The van der Waals surface area contributed by atoms with Crippen LogP contribution in [0.25, 0.3) is 0 Å². The highest BCUT2D eigenvalue weighted by Crippen LogP contribution is 2.35. The van der Waals surface area contributed by atoms with Gasteiger partial charge in [-0.15, -0.1) is 0 Å². The van der Waals surface area contributed by atoms with Gasteiger partial charge in [0.25, 0.3) is 28.5 Å². The van der Waals surface area contributed by atoms with Gasteiger partial charge < -0.3 is 99.0 Å². The van der Waals surface area contributed by atoms with Crippen LogP contribution < -0.4 is 66.3 Å². The second-order valence-corrected chi connectivity index (χ2v) is 33.2. The number of ether oxygens (including phenoxy) is 8. The molecular formula is C93H118B2ClF5N16O28S2. The zero-order chi connectivity index (χ0) is 109. The molecule has 54 heteroatoms. The van der Waals surface area contributed by atoms with Gasteiger partial charge in [-0.1, -0.05) is 70.8 Å². The number of amides is 5. The number of rotatable bonds is 38. The number of nitrogens with two attached hydrogens (primary N) is 1. The maximum Gasteiger partial charge on any atom is 0.351 e. The molecule has 0 bridgehead atoms. The maximum atomic E-state index is 14.4. The largest absolute Gasteiger partial charge is 0.461 e. The van der Waals surface area contributed by atoms with E-state index in [1.807, 2.05) is 0 Å². The smallest absolute Gasteiger partial charge is 0.351 e. The van der Waals surface area contributed by atoms with E-state index in [1.165, 1.54) is 98.2 Å². The predicted octanol–water partition coefficient (Wildman–Crippen LogP) is 5.22. The lowest BCUT2D eigenvalue weighted by Gasteiger charge is -2.15. The van der Waals surface area contributed by atoms with E-state index in [0.29, 0.717) is 27.8 Å². The first-order chi connectivity index (χ1) is 71.6. The minimum atomic E-state index is -1.57. The van der Waals surface area contributed by atoms with Crippen molar-refractivity contribution >= 4 is 121 Å². The van der Waals surface area contributed by atoms with Crippen LogP contribution in [0.3, 0.4) is 0 Å². The molecule has 0 spiro atoms. The highest BCUT2D eigenvalue weighted by Gasteiger charge is 2.42. The van der Waals surface area contributed by atoms with Crippen molar-refractivity contribution in [3.63, 3.8) is 0 Å². The number of anilines is 4. The van der Waals surface area contributed by atoms with Crippen LogP contribution in [0, 0.1) is 0 Å². The van der Waals surface area contributed by atoms with E-state index >= 15 is 0 Å². The number of benzene rings is 4. The van der Waals surface area contributed by atoms with Gasteiger partial charge in [0.2, 0.25) is 11.8 Å². The SMILES string of the molecule is C.C.C.Nc1ccn([C@H]2C[C@H](F)[C@@H](CO)O2)c(=O)n1.O=C(Cl)c1ccc(CO)cc1.O=c1ccn([C@H]2C[C@H](F)[C@@H](CO)O2)c(=O)[nH]1.[2H]B([3H])CSOC[C@H]1O[C@@H](n2ccc(NC(=O)c3ccc(CO)cc3)nc2=O)C[C@@H]1F.[2H]B([3H])CSOC[C@H]1O[C@@H](n2ccc(NC(=O)c3ccc(COC(=O)CCC(=O)NC)cc3)nc2=O)C[C@@H]1F.[2H]C([3H])OC[C@H]1O[C@@H](n2ccc(NC(=O)c3ccc(COC(=O)CCC(=O)NC)cc3)nc2=O)C[C@@H]1F. The zero-order valence-electron chi connectivity index (χ0n) is 82.8. The van der Waals surface area contributed by atoms with Crippen molar-refractivity contribution in [1.82, 2.24) is 58.4 Å². The molecule has 5 saturated heterocycles. The van der Waals surface area contributed by atoms with Crippen LogP contribution in [0.4, 0.5) is 45.2 Å². The minimum Gasteiger partial charge on any atom is -0.461 e. The lowest BCUT2D eigenvalue weighted by molar-refractivity contribution is -0.146. The molecule has 0 aliphatic carbocycles. The second kappa shape index (κ2) is 62.3. The van der Waals surface area contributed by atoms with Gasteiger partial charge in [0.1, 0.15) is 145 Å². The Morgan fingerprint density at radius 3 is 1.09 bits per heavy atom. The summed E-state index contributed by atoms with van der Waals surface area (Å²) in [5, 5.41) is 47.2. The van der Waals surface area contributed by atoms with Crippen LogP contribution in [0.15, 0.2) is 187 Å². The Morgan fingerprint density at radius 2 is 0.782 bits per heavy atom. The Kier molecular flexibility index (Phi) is 47.8. The fourth-order valence-corrected chi connectivity index (χ4v) is 14.4. The summed E-state index contributed by atoms with van der Waals surface area (Å²) >= 11 is 6.99. The molecule has 147 heavy (non-hydrogen) atoms. The van der Waals surface area contributed by atoms with Crippen molar-refractivity contribution < 1.29 is 130 Å². The average molecular weight is 2130 g/mol. The van der Waals surface area contributed by atoms with E-state index in [9.17, 15) is 89.1 Å². The molecule has 5 aromatic heterocycles. The topological polar surface area (TPSA) is 590 Å². The number of carbonyl (C=O) groups excluding carboxylic acids is 8. The predicted molar refractivity (Wildman–Crippen MR) is 535 cm³/mol. The van der Waals surface area contributed by atoms with Gasteiger partial charge in [-0.2, -0.15) is 19.9 Å². The third-order valence-electron chi connectivity index (χ3n) is 21.3. The zero-order valence-corrected chi connectivity index (χ0v) is 79.2. The van der Waals surface area contributed by atoms with E-state index < -0.39 is 197 Å². The van der Waals surface area contributed by atoms with E-state index in [4.69, 9.17) is 92.1 Å². The number of aromatic amines is 1. The molecule has 5 aliphatic rings. The molecule has 4 aromatic carbocycles. The lowest BCUT2D eigenvalue weighted by atomic mass is 10.1. The highest BCUT2D eigenvalue weighted by molar-refractivity contribution is 7.95. The van der Waals surface area contributed by atoms with Crippen molar-refractivity contribution in [2.24, 2.45) is 0 Å². The van der Waals surface area contributed by atoms with Gasteiger partial charge in [-0.3, -0.25) is 71.0 Å². The summed E-state index contributed by atoms with van der Waals surface area (Å²) in [7, 11) is -0.698. The summed E-state index contributed by atoms with van der Waals surface area (Å²) in [5.41, 5.74) is 5.67. The van der Waals surface area contributed by atoms with Crippen molar-refractivity contribution in [2.75, 3.05) is 87.2 Å². The Labute approximate surface area is 862 Å². The fraction of sp³-hybridized carbons (Fsp3) is 0.441. The van der Waals surface area contributed by atoms with Gasteiger partial charge in [0.05, 0.1) is 61.8 Å². The van der Waals surface area contributed by atoms with Gasteiger partial charge in [0, 0.05) is 125 Å². The molecule has 5 amide bonds. The first-order valence-corrected chi connectivity index (χ1v) is 46.1. The Bertz CT molecular complexity index is 6350. The summed E-state index contributed by atoms with van der Waals surface area (Å²) in [6.07, 6.45) is -9.09. The summed E-state index contributed by atoms with van der Waals surface area (Å²) < 4.78 is 170. The van der Waals surface area contributed by atoms with Crippen LogP contribution in [0.5, 0.6) is 0 Å². The number of aliphatic hydroxyl groups is 4. The standard InChI is InChI=1S/C23H28BFN4O7S.C23H27FN4O7.C18H21BFN3O5S.C9H12FN3O3.C9H11FN2O4.C8H7ClO2.3CH4/c1-26-19(30)6-7-21(31)34-11-14-2-4-15(5-3-14)22(32)27-18-8-9-29(23(33)28-18)20-10-16(25)17(36-20)12-35-37-13-24;1-25-19(29)7-8-21(30)34-12-14-3-5-15(6-4-14)22(31)26-18-9-10-28(23(32)27-18)20-11-16(24)17(35-20)13-33-2;19-10-29-27-9-14-13(20)7-16(28-14)23-6-5-15(22-18(23)26)21-17(25)12-3-1-11(8-24)2-4-12;10-5-3-8(16-6(5)4-14)13-2-1-7(11)12-9(13)15;10-5-3-8(16-6(5)4-13)12-2-1-7(14)11-9(12)15;9-8(11)7-3-1-6(5-10)2-4-7;;;/h2-5,8-9,16-17,20H,6-7,10-13,24H2,1H3,(H,26,30)(H,27,28,32,33);3-6,9-10,16-17,20H,7-8,11-13H2,1-2H3,(H,25,29)(H,26,27,31,32);1-6,13-14,16,24H,7-10,19H2,(H,21,22,25,26);1-2,5-6,8,14H,3-4H2,(H2,11,12,15);1-2,5-6,8,13H,3-4H2,(H,11,14,15);1-4,10H,5H2;3*1H4/t2*16-,17+,20+;13-,14+,16+;2*5-,6+,8+;;;;/m00000..../s1/i24TD;2TD;19TD;;;;;;/tm;2?,16-,17+,20+;m;;;;;;. The number of H-pyrrole nitrogens is 1. The molecule has 5 fully saturated rings. The maximum absolute atomic E-state index is 14.4.